The molecule has 1 aromatic rings. The minimum atomic E-state index is 0.742. The van der Waals surface area contributed by atoms with E-state index in [0.717, 1.165) is 35.8 Å². The van der Waals surface area contributed by atoms with Gasteiger partial charge in [-0.2, -0.15) is 0 Å². The predicted molar refractivity (Wildman–Crippen MR) is 88.6 cm³/mol. The maximum atomic E-state index is 5.90. The first-order valence-corrected chi connectivity index (χ1v) is 8.26. The van der Waals surface area contributed by atoms with Gasteiger partial charge in [0.1, 0.15) is 0 Å². The molecule has 1 aliphatic carbocycles. The molecule has 0 aromatic heterocycles. The summed E-state index contributed by atoms with van der Waals surface area (Å²) >= 11 is 5.90. The Morgan fingerprint density at radius 3 is 2.45 bits per heavy atom. The van der Waals surface area contributed by atoms with Gasteiger partial charge in [-0.05, 0) is 43.0 Å². The molecule has 1 aromatic carbocycles. The zero-order valence-electron chi connectivity index (χ0n) is 12.7. The molecule has 0 unspecified atom stereocenters. The minimum Gasteiger partial charge on any atom is -0.384 e. The molecule has 0 saturated heterocycles. The molecule has 0 heterocycles. The maximum absolute atomic E-state index is 5.90. The molecule has 3 heteroatoms. The fourth-order valence-electron chi connectivity index (χ4n) is 3.07. The van der Waals surface area contributed by atoms with Crippen molar-refractivity contribution in [3.8, 4) is 0 Å². The summed E-state index contributed by atoms with van der Waals surface area (Å²) in [6.07, 6.45) is 5.58. The van der Waals surface area contributed by atoms with Gasteiger partial charge in [-0.3, -0.25) is 4.90 Å². The van der Waals surface area contributed by atoms with E-state index in [2.05, 4.69) is 24.1 Å². The Kier molecular flexibility index (Phi) is 6.18. The maximum Gasteiger partial charge on any atom is 0.0407 e. The van der Waals surface area contributed by atoms with Crippen LogP contribution in [0.3, 0.4) is 0 Å². The van der Waals surface area contributed by atoms with Crippen molar-refractivity contribution in [2.45, 2.75) is 45.6 Å². The molecule has 1 aliphatic rings. The SMILES string of the molecule is CC(C)CN(CCNc1ccc(Cl)cc1)C1CCCC1. The molecule has 20 heavy (non-hydrogen) atoms. The van der Waals surface area contributed by atoms with Crippen molar-refractivity contribution in [3.63, 3.8) is 0 Å². The Morgan fingerprint density at radius 2 is 1.85 bits per heavy atom. The van der Waals surface area contributed by atoms with E-state index in [0.29, 0.717) is 0 Å². The van der Waals surface area contributed by atoms with Gasteiger partial charge < -0.3 is 5.32 Å². The minimum absolute atomic E-state index is 0.742. The monoisotopic (exact) mass is 294 g/mol. The Bertz CT molecular complexity index is 382. The smallest absolute Gasteiger partial charge is 0.0407 e. The first kappa shape index (κ1) is 15.7. The second kappa shape index (κ2) is 7.90. The predicted octanol–water partition coefficient (Wildman–Crippen LogP) is 4.65. The Morgan fingerprint density at radius 1 is 1.20 bits per heavy atom. The Labute approximate surface area is 128 Å². The topological polar surface area (TPSA) is 15.3 Å². The summed E-state index contributed by atoms with van der Waals surface area (Å²) in [6, 6.07) is 8.78. The van der Waals surface area contributed by atoms with E-state index in [-0.39, 0.29) is 0 Å². The van der Waals surface area contributed by atoms with Gasteiger partial charge in [-0.15, -0.1) is 0 Å². The summed E-state index contributed by atoms with van der Waals surface area (Å²) in [5, 5.41) is 4.29. The molecule has 1 fully saturated rings. The molecule has 112 valence electrons. The van der Waals surface area contributed by atoms with Crippen molar-refractivity contribution in [3.05, 3.63) is 29.3 Å². The number of nitrogens with zero attached hydrogens (tertiary/aromatic N) is 1. The van der Waals surface area contributed by atoms with Crippen LogP contribution in [0.1, 0.15) is 39.5 Å². The number of rotatable bonds is 7. The van der Waals surface area contributed by atoms with Crippen molar-refractivity contribution in [1.82, 2.24) is 4.90 Å². The highest BCUT2D eigenvalue weighted by atomic mass is 35.5. The highest BCUT2D eigenvalue weighted by Gasteiger charge is 2.22. The molecule has 0 spiro atoms. The van der Waals surface area contributed by atoms with Gasteiger partial charge in [-0.25, -0.2) is 0 Å². The molecule has 1 N–H and O–H groups in total. The van der Waals surface area contributed by atoms with Gasteiger partial charge in [0.2, 0.25) is 0 Å². The van der Waals surface area contributed by atoms with Gasteiger partial charge >= 0.3 is 0 Å². The van der Waals surface area contributed by atoms with Crippen LogP contribution in [0.25, 0.3) is 0 Å². The zero-order chi connectivity index (χ0) is 14.4. The number of halogens is 1. The largest absolute Gasteiger partial charge is 0.384 e. The lowest BCUT2D eigenvalue weighted by molar-refractivity contribution is 0.184. The fraction of sp³-hybridized carbons (Fsp3) is 0.647. The molecule has 0 radical (unpaired) electrons. The summed E-state index contributed by atoms with van der Waals surface area (Å²) in [6.45, 7) is 7.98. The molecular weight excluding hydrogens is 268 g/mol. The van der Waals surface area contributed by atoms with E-state index in [9.17, 15) is 0 Å². The number of hydrogen-bond acceptors (Lipinski definition) is 2. The van der Waals surface area contributed by atoms with Gasteiger partial charge in [0, 0.05) is 36.4 Å². The summed E-state index contributed by atoms with van der Waals surface area (Å²) < 4.78 is 0. The van der Waals surface area contributed by atoms with Crippen molar-refractivity contribution >= 4 is 17.3 Å². The molecule has 0 aliphatic heterocycles. The van der Waals surface area contributed by atoms with Gasteiger partial charge in [0.15, 0.2) is 0 Å². The van der Waals surface area contributed by atoms with Crippen molar-refractivity contribution in [2.75, 3.05) is 25.0 Å². The third kappa shape index (κ3) is 4.99. The van der Waals surface area contributed by atoms with Crippen LogP contribution in [-0.2, 0) is 0 Å². The third-order valence-corrected chi connectivity index (χ3v) is 4.27. The van der Waals surface area contributed by atoms with Crippen LogP contribution in [0.2, 0.25) is 5.02 Å². The lowest BCUT2D eigenvalue weighted by Gasteiger charge is -2.30. The highest BCUT2D eigenvalue weighted by Crippen LogP contribution is 2.24. The first-order valence-electron chi connectivity index (χ1n) is 7.88. The normalized spacial score (nSPS) is 16.2. The Balaban J connectivity index is 1.80. The average molecular weight is 295 g/mol. The van der Waals surface area contributed by atoms with Crippen LogP contribution >= 0.6 is 11.6 Å². The second-order valence-corrected chi connectivity index (χ2v) is 6.70. The van der Waals surface area contributed by atoms with E-state index in [1.807, 2.05) is 24.3 Å². The van der Waals surface area contributed by atoms with Crippen molar-refractivity contribution in [2.24, 2.45) is 5.92 Å². The van der Waals surface area contributed by atoms with E-state index in [1.54, 1.807) is 0 Å². The molecule has 0 atom stereocenters. The van der Waals surface area contributed by atoms with E-state index < -0.39 is 0 Å². The Hall–Kier alpha value is -0.730. The van der Waals surface area contributed by atoms with Crippen LogP contribution < -0.4 is 5.32 Å². The molecule has 2 rings (SSSR count). The lowest BCUT2D eigenvalue weighted by atomic mass is 10.1. The summed E-state index contributed by atoms with van der Waals surface area (Å²) in [7, 11) is 0. The molecule has 0 amide bonds. The van der Waals surface area contributed by atoms with Crippen molar-refractivity contribution < 1.29 is 0 Å². The lowest BCUT2D eigenvalue weighted by Crippen LogP contribution is -2.39. The summed E-state index contributed by atoms with van der Waals surface area (Å²) in [5.74, 6) is 0.742. The highest BCUT2D eigenvalue weighted by molar-refractivity contribution is 6.30. The van der Waals surface area contributed by atoms with Crippen LogP contribution in [0.15, 0.2) is 24.3 Å². The van der Waals surface area contributed by atoms with Crippen LogP contribution in [-0.4, -0.2) is 30.6 Å². The standard InChI is InChI=1S/C17H27ClN2/c1-14(2)13-20(17-5-3-4-6-17)12-11-19-16-9-7-15(18)8-10-16/h7-10,14,17,19H,3-6,11-13H2,1-2H3. The fourth-order valence-corrected chi connectivity index (χ4v) is 3.20. The molecule has 1 saturated carbocycles. The van der Waals surface area contributed by atoms with E-state index in [1.165, 1.54) is 32.2 Å². The summed E-state index contributed by atoms with van der Waals surface area (Å²) in [4.78, 5) is 2.68. The average Bonchev–Trinajstić information content (AvgIpc) is 2.93. The van der Waals surface area contributed by atoms with Crippen LogP contribution in [0, 0.1) is 5.92 Å². The molecular formula is C17H27ClN2. The van der Waals surface area contributed by atoms with E-state index in [4.69, 9.17) is 11.6 Å². The quantitative estimate of drug-likeness (QED) is 0.787. The van der Waals surface area contributed by atoms with Gasteiger partial charge in [0.25, 0.3) is 0 Å². The van der Waals surface area contributed by atoms with Gasteiger partial charge in [-0.1, -0.05) is 38.3 Å². The zero-order valence-corrected chi connectivity index (χ0v) is 13.5. The van der Waals surface area contributed by atoms with Crippen LogP contribution in [0.4, 0.5) is 5.69 Å². The number of anilines is 1. The van der Waals surface area contributed by atoms with Gasteiger partial charge in [0.05, 0.1) is 0 Å². The van der Waals surface area contributed by atoms with Crippen LogP contribution in [0.5, 0.6) is 0 Å². The third-order valence-electron chi connectivity index (χ3n) is 4.01. The number of hydrogen-bond donors (Lipinski definition) is 1. The van der Waals surface area contributed by atoms with E-state index >= 15 is 0 Å². The molecule has 0 bridgehead atoms. The number of nitrogens with one attached hydrogen (secondary N) is 1. The second-order valence-electron chi connectivity index (χ2n) is 6.26. The molecule has 2 nitrogen and oxygen atoms in total. The van der Waals surface area contributed by atoms with Crippen molar-refractivity contribution in [1.29, 1.82) is 0 Å². The summed E-state index contributed by atoms with van der Waals surface area (Å²) in [5.41, 5.74) is 1.16. The number of benzene rings is 1. The first-order chi connectivity index (χ1) is 9.65.